The molecule has 0 fully saturated rings. The first-order valence-electron chi connectivity index (χ1n) is 12.2. The van der Waals surface area contributed by atoms with E-state index in [-0.39, 0.29) is 17.8 Å². The lowest BCUT2D eigenvalue weighted by atomic mass is 9.91. The fourth-order valence-electron chi connectivity index (χ4n) is 3.90. The van der Waals surface area contributed by atoms with Crippen LogP contribution in [0.4, 0.5) is 5.95 Å². The lowest BCUT2D eigenvalue weighted by Gasteiger charge is -2.24. The summed E-state index contributed by atoms with van der Waals surface area (Å²) in [6.07, 6.45) is 1.66. The first kappa shape index (κ1) is 26.4. The smallest absolute Gasteiger partial charge is 0.305 e. The monoisotopic (exact) mass is 510 g/mol. The van der Waals surface area contributed by atoms with Crippen molar-refractivity contribution in [2.24, 2.45) is 0 Å². The number of pyridine rings is 1. The van der Waals surface area contributed by atoms with Crippen LogP contribution >= 0.6 is 0 Å². The first-order chi connectivity index (χ1) is 17.9. The van der Waals surface area contributed by atoms with Crippen LogP contribution in [0.2, 0.25) is 0 Å². The molecule has 0 unspecified atom stereocenters. The fourth-order valence-corrected chi connectivity index (χ4v) is 3.90. The third-order valence-electron chi connectivity index (χ3n) is 5.76. The van der Waals surface area contributed by atoms with E-state index in [9.17, 15) is 15.2 Å². The maximum Gasteiger partial charge on any atom is 0.305 e. The van der Waals surface area contributed by atoms with Crippen LogP contribution in [0.15, 0.2) is 54.7 Å². The molecule has 0 aliphatic heterocycles. The third kappa shape index (κ3) is 6.56. The van der Waals surface area contributed by atoms with Crippen LogP contribution in [-0.4, -0.2) is 46.6 Å². The van der Waals surface area contributed by atoms with Crippen LogP contribution in [0.3, 0.4) is 0 Å². The van der Waals surface area contributed by atoms with Crippen molar-refractivity contribution < 1.29 is 9.90 Å². The molecule has 4 rings (SSSR count). The van der Waals surface area contributed by atoms with Gasteiger partial charge in [-0.1, -0.05) is 44.2 Å². The molecule has 0 saturated heterocycles. The summed E-state index contributed by atoms with van der Waals surface area (Å²) < 4.78 is 1.70. The van der Waals surface area contributed by atoms with E-state index < -0.39 is 11.5 Å². The highest BCUT2D eigenvalue weighted by Gasteiger charge is 2.24. The van der Waals surface area contributed by atoms with E-state index in [1.54, 1.807) is 49.0 Å². The van der Waals surface area contributed by atoms with E-state index in [2.05, 4.69) is 52.4 Å². The van der Waals surface area contributed by atoms with Gasteiger partial charge in [-0.05, 0) is 44.2 Å². The summed E-state index contributed by atoms with van der Waals surface area (Å²) >= 11 is 0. The molecular weight excluding hydrogens is 480 g/mol. The molecule has 4 aromatic rings. The van der Waals surface area contributed by atoms with E-state index in [0.29, 0.717) is 29.2 Å². The van der Waals surface area contributed by atoms with Crippen molar-refractivity contribution in [2.75, 3.05) is 5.32 Å². The van der Waals surface area contributed by atoms with Crippen LogP contribution in [0.1, 0.15) is 58.0 Å². The lowest BCUT2D eigenvalue weighted by Crippen LogP contribution is -2.34. The van der Waals surface area contributed by atoms with Gasteiger partial charge in [-0.25, -0.2) is 14.6 Å². The summed E-state index contributed by atoms with van der Waals surface area (Å²) in [4.78, 5) is 25.3. The summed E-state index contributed by atoms with van der Waals surface area (Å²) in [5.74, 6) is -0.687. The van der Waals surface area contributed by atoms with Gasteiger partial charge < -0.3 is 10.4 Å². The molecule has 3 heterocycles. The topological polar surface area (TPSA) is 142 Å². The number of benzene rings is 1. The normalized spacial score (nSPS) is 11.7. The van der Waals surface area contributed by atoms with E-state index in [1.807, 2.05) is 24.3 Å². The number of hydrogen-bond donors (Lipinski definition) is 2. The molecule has 2 N–H and O–H groups in total. The zero-order chi connectivity index (χ0) is 27.5. The molecule has 0 aliphatic carbocycles. The lowest BCUT2D eigenvalue weighted by molar-refractivity contribution is -0.137. The van der Waals surface area contributed by atoms with Gasteiger partial charge in [0.25, 0.3) is 0 Å². The van der Waals surface area contributed by atoms with Gasteiger partial charge in [0.15, 0.2) is 0 Å². The molecule has 0 radical (unpaired) electrons. The molecule has 194 valence electrons. The number of aromatic nitrogens is 6. The Labute approximate surface area is 221 Å². The van der Waals surface area contributed by atoms with Gasteiger partial charge in [0.05, 0.1) is 47.9 Å². The minimum Gasteiger partial charge on any atom is -0.481 e. The number of rotatable bonds is 8. The van der Waals surface area contributed by atoms with Gasteiger partial charge in [-0.3, -0.25) is 9.78 Å². The van der Waals surface area contributed by atoms with Crippen LogP contribution < -0.4 is 5.32 Å². The first-order valence-corrected chi connectivity index (χ1v) is 12.2. The molecule has 10 heteroatoms. The number of nitriles is 1. The van der Waals surface area contributed by atoms with Crippen molar-refractivity contribution in [1.82, 2.24) is 29.9 Å². The third-order valence-corrected chi connectivity index (χ3v) is 5.76. The Bertz CT molecular complexity index is 1510. The van der Waals surface area contributed by atoms with Gasteiger partial charge >= 0.3 is 5.97 Å². The SMILES string of the molecule is CC(C)(CC(=O)O)Nc1nc(-c2cccc(C#N)c2)cc(-c2cn(Cc3cccc(C(C)(C)C)n3)nn2)n1. The number of nitrogens with zero attached hydrogens (tertiary/aromatic N) is 7. The van der Waals surface area contributed by atoms with Gasteiger partial charge in [0.2, 0.25) is 5.95 Å². The molecule has 0 amide bonds. The van der Waals surface area contributed by atoms with Crippen molar-refractivity contribution >= 4 is 11.9 Å². The van der Waals surface area contributed by atoms with Crippen LogP contribution in [0.25, 0.3) is 22.6 Å². The van der Waals surface area contributed by atoms with E-state index in [4.69, 9.17) is 4.98 Å². The van der Waals surface area contributed by atoms with Gasteiger partial charge in [-0.2, -0.15) is 5.26 Å². The zero-order valence-corrected chi connectivity index (χ0v) is 22.1. The second-order valence-electron chi connectivity index (χ2n) is 10.8. The molecule has 1 aromatic carbocycles. The number of carbonyl (C=O) groups is 1. The van der Waals surface area contributed by atoms with Crippen LogP contribution in [-0.2, 0) is 16.8 Å². The number of hydrogen-bond acceptors (Lipinski definition) is 8. The van der Waals surface area contributed by atoms with E-state index >= 15 is 0 Å². The molecule has 10 nitrogen and oxygen atoms in total. The standard InChI is InChI=1S/C28H30N8O2/c1-27(2,3)24-11-7-10-20(30-24)16-36-17-23(34-35-36)22-13-21(19-9-6-8-18(12-19)15-29)31-26(32-22)33-28(4,5)14-25(37)38/h6-13,17H,14,16H2,1-5H3,(H,37,38)(H,31,32,33). The number of carboxylic acid groups (broad SMARTS) is 1. The molecule has 0 saturated carbocycles. The minimum atomic E-state index is -0.937. The molecule has 0 aliphatic rings. The second kappa shape index (κ2) is 10.4. The molecular formula is C28H30N8O2. The Morgan fingerprint density at radius 3 is 2.45 bits per heavy atom. The summed E-state index contributed by atoms with van der Waals surface area (Å²) in [6.45, 7) is 10.3. The Morgan fingerprint density at radius 1 is 1.00 bits per heavy atom. The molecule has 0 spiro atoms. The maximum atomic E-state index is 11.3. The number of aliphatic carboxylic acids is 1. The Kier molecular flexibility index (Phi) is 7.21. The quantitative estimate of drug-likeness (QED) is 0.345. The van der Waals surface area contributed by atoms with Crippen molar-refractivity contribution in [1.29, 1.82) is 5.26 Å². The van der Waals surface area contributed by atoms with Gasteiger partial charge in [0.1, 0.15) is 5.69 Å². The predicted octanol–water partition coefficient (Wildman–Crippen LogP) is 4.68. The number of nitrogens with one attached hydrogen (secondary N) is 1. The van der Waals surface area contributed by atoms with Crippen molar-refractivity contribution in [3.63, 3.8) is 0 Å². The van der Waals surface area contributed by atoms with Crippen molar-refractivity contribution in [2.45, 2.75) is 58.5 Å². The summed E-state index contributed by atoms with van der Waals surface area (Å²) in [5.41, 5.74) is 3.80. The van der Waals surface area contributed by atoms with E-state index in [0.717, 1.165) is 17.0 Å². The van der Waals surface area contributed by atoms with Crippen LogP contribution in [0, 0.1) is 11.3 Å². The highest BCUT2D eigenvalue weighted by Crippen LogP contribution is 2.27. The van der Waals surface area contributed by atoms with Crippen molar-refractivity contribution in [3.8, 4) is 28.7 Å². The molecule has 38 heavy (non-hydrogen) atoms. The summed E-state index contributed by atoms with van der Waals surface area (Å²) in [6, 6.07) is 17.0. The number of carboxylic acids is 1. The molecule has 0 bridgehead atoms. The largest absolute Gasteiger partial charge is 0.481 e. The Morgan fingerprint density at radius 2 is 1.74 bits per heavy atom. The average molecular weight is 511 g/mol. The fraction of sp³-hybridized carbons (Fsp3) is 0.321. The van der Waals surface area contributed by atoms with E-state index in [1.165, 1.54) is 0 Å². The predicted molar refractivity (Wildman–Crippen MR) is 143 cm³/mol. The summed E-state index contributed by atoms with van der Waals surface area (Å²) in [7, 11) is 0. The molecule has 0 atom stereocenters. The molecule has 3 aromatic heterocycles. The minimum absolute atomic E-state index is 0.0679. The summed E-state index contributed by atoms with van der Waals surface area (Å²) in [5, 5.41) is 30.4. The maximum absolute atomic E-state index is 11.3. The Balaban J connectivity index is 1.70. The average Bonchev–Trinajstić information content (AvgIpc) is 3.31. The van der Waals surface area contributed by atoms with Crippen LogP contribution in [0.5, 0.6) is 0 Å². The van der Waals surface area contributed by atoms with Crippen molar-refractivity contribution in [3.05, 3.63) is 71.7 Å². The Hall–Kier alpha value is -4.65. The zero-order valence-electron chi connectivity index (χ0n) is 22.1. The number of anilines is 1. The second-order valence-corrected chi connectivity index (χ2v) is 10.8. The highest BCUT2D eigenvalue weighted by molar-refractivity contribution is 5.70. The van der Waals surface area contributed by atoms with Gasteiger partial charge in [-0.15, -0.1) is 5.10 Å². The highest BCUT2D eigenvalue weighted by atomic mass is 16.4. The van der Waals surface area contributed by atoms with Gasteiger partial charge in [0, 0.05) is 22.2 Å².